The molecule has 1 aromatic carbocycles. The Bertz CT molecular complexity index is 782. The summed E-state index contributed by atoms with van der Waals surface area (Å²) >= 11 is 0. The lowest BCUT2D eigenvalue weighted by molar-refractivity contribution is -0.127. The number of aromatic nitrogens is 1. The van der Waals surface area contributed by atoms with Crippen molar-refractivity contribution in [2.75, 3.05) is 18.4 Å². The standard InChI is InChI=1S/C20H24N4O3/c1-15(13-24-11-5-9-19(24)25)22-20(26)23-16-7-4-8-18(12-16)27-14-17-6-2-3-10-21-17/h2-4,6-8,10,12,15H,5,9,11,13-14H2,1H3,(H2,22,23,26). The minimum Gasteiger partial charge on any atom is -0.487 e. The van der Waals surface area contributed by atoms with Crippen LogP contribution in [0.15, 0.2) is 48.7 Å². The number of urea groups is 1. The highest BCUT2D eigenvalue weighted by molar-refractivity contribution is 5.89. The average molecular weight is 368 g/mol. The van der Waals surface area contributed by atoms with Crippen LogP contribution in [0.25, 0.3) is 0 Å². The number of hydrogen-bond acceptors (Lipinski definition) is 4. The quantitative estimate of drug-likeness (QED) is 0.787. The van der Waals surface area contributed by atoms with E-state index in [1.807, 2.05) is 37.3 Å². The van der Waals surface area contributed by atoms with Crippen LogP contribution in [0.3, 0.4) is 0 Å². The van der Waals surface area contributed by atoms with Crippen LogP contribution >= 0.6 is 0 Å². The maximum absolute atomic E-state index is 12.2. The maximum Gasteiger partial charge on any atom is 0.319 e. The highest BCUT2D eigenvalue weighted by atomic mass is 16.5. The Balaban J connectivity index is 1.48. The second-order valence-corrected chi connectivity index (χ2v) is 6.58. The van der Waals surface area contributed by atoms with Crippen LogP contribution < -0.4 is 15.4 Å². The number of hydrogen-bond donors (Lipinski definition) is 2. The lowest BCUT2D eigenvalue weighted by atomic mass is 10.3. The Hall–Kier alpha value is -3.09. The number of ether oxygens (including phenoxy) is 1. The van der Waals surface area contributed by atoms with Gasteiger partial charge in [-0.1, -0.05) is 12.1 Å². The number of pyridine rings is 1. The van der Waals surface area contributed by atoms with E-state index in [-0.39, 0.29) is 18.0 Å². The van der Waals surface area contributed by atoms with Crippen molar-refractivity contribution >= 4 is 17.6 Å². The Morgan fingerprint density at radius 3 is 2.93 bits per heavy atom. The van der Waals surface area contributed by atoms with Gasteiger partial charge in [-0.25, -0.2) is 4.79 Å². The van der Waals surface area contributed by atoms with Gasteiger partial charge in [0, 0.05) is 43.5 Å². The number of nitrogens with one attached hydrogen (secondary N) is 2. The molecule has 1 aromatic heterocycles. The summed E-state index contributed by atoms with van der Waals surface area (Å²) in [4.78, 5) is 29.9. The minimum absolute atomic E-state index is 0.129. The first-order valence-corrected chi connectivity index (χ1v) is 9.08. The van der Waals surface area contributed by atoms with Crippen LogP contribution in [0.4, 0.5) is 10.5 Å². The fraction of sp³-hybridized carbons (Fsp3) is 0.350. The number of likely N-dealkylation sites (tertiary alicyclic amines) is 1. The van der Waals surface area contributed by atoms with E-state index in [9.17, 15) is 9.59 Å². The lowest BCUT2D eigenvalue weighted by Crippen LogP contribution is -2.44. The summed E-state index contributed by atoms with van der Waals surface area (Å²) in [7, 11) is 0. The largest absolute Gasteiger partial charge is 0.487 e. The van der Waals surface area contributed by atoms with Gasteiger partial charge in [0.25, 0.3) is 0 Å². The molecule has 0 saturated carbocycles. The Kier molecular flexibility index (Phi) is 6.25. The van der Waals surface area contributed by atoms with E-state index < -0.39 is 0 Å². The zero-order chi connectivity index (χ0) is 19.1. The fourth-order valence-corrected chi connectivity index (χ4v) is 2.97. The first kappa shape index (κ1) is 18.7. The molecule has 0 radical (unpaired) electrons. The van der Waals surface area contributed by atoms with Crippen molar-refractivity contribution in [3.8, 4) is 5.75 Å². The van der Waals surface area contributed by atoms with Crippen molar-refractivity contribution in [1.82, 2.24) is 15.2 Å². The van der Waals surface area contributed by atoms with Crippen molar-refractivity contribution in [2.24, 2.45) is 0 Å². The average Bonchev–Trinajstić information content (AvgIpc) is 3.05. The maximum atomic E-state index is 12.2. The summed E-state index contributed by atoms with van der Waals surface area (Å²) in [5.74, 6) is 0.802. The van der Waals surface area contributed by atoms with E-state index >= 15 is 0 Å². The lowest BCUT2D eigenvalue weighted by Gasteiger charge is -2.21. The van der Waals surface area contributed by atoms with Crippen molar-refractivity contribution in [3.05, 3.63) is 54.4 Å². The topological polar surface area (TPSA) is 83.6 Å². The summed E-state index contributed by atoms with van der Waals surface area (Å²) < 4.78 is 5.72. The van der Waals surface area contributed by atoms with Gasteiger partial charge in [0.2, 0.25) is 5.91 Å². The number of benzene rings is 1. The minimum atomic E-state index is -0.309. The van der Waals surface area contributed by atoms with Gasteiger partial charge in [-0.15, -0.1) is 0 Å². The summed E-state index contributed by atoms with van der Waals surface area (Å²) in [6.07, 6.45) is 3.21. The number of nitrogens with zero attached hydrogens (tertiary/aromatic N) is 2. The van der Waals surface area contributed by atoms with Gasteiger partial charge < -0.3 is 20.3 Å². The molecule has 142 valence electrons. The molecule has 7 heteroatoms. The van der Waals surface area contributed by atoms with E-state index in [0.29, 0.717) is 31.0 Å². The summed E-state index contributed by atoms with van der Waals surface area (Å²) in [6.45, 7) is 3.54. The summed E-state index contributed by atoms with van der Waals surface area (Å²) in [5, 5.41) is 5.66. The molecule has 1 aliphatic heterocycles. The zero-order valence-corrected chi connectivity index (χ0v) is 15.4. The second-order valence-electron chi connectivity index (χ2n) is 6.58. The van der Waals surface area contributed by atoms with Crippen molar-refractivity contribution in [1.29, 1.82) is 0 Å². The molecule has 2 heterocycles. The van der Waals surface area contributed by atoms with E-state index in [4.69, 9.17) is 4.74 Å². The van der Waals surface area contributed by atoms with Crippen molar-refractivity contribution < 1.29 is 14.3 Å². The predicted molar refractivity (Wildman–Crippen MR) is 102 cm³/mol. The van der Waals surface area contributed by atoms with Crippen LogP contribution in [0, 0.1) is 0 Å². The Morgan fingerprint density at radius 1 is 1.30 bits per heavy atom. The monoisotopic (exact) mass is 368 g/mol. The van der Waals surface area contributed by atoms with E-state index in [2.05, 4.69) is 15.6 Å². The molecule has 0 aliphatic carbocycles. The predicted octanol–water partition coefficient (Wildman–Crippen LogP) is 2.79. The molecule has 0 bridgehead atoms. The van der Waals surface area contributed by atoms with Crippen LogP contribution in [-0.4, -0.2) is 41.0 Å². The van der Waals surface area contributed by atoms with Gasteiger partial charge in [-0.3, -0.25) is 9.78 Å². The SMILES string of the molecule is CC(CN1CCCC1=O)NC(=O)Nc1cccc(OCc2ccccn2)c1. The van der Waals surface area contributed by atoms with Crippen molar-refractivity contribution in [3.63, 3.8) is 0 Å². The van der Waals surface area contributed by atoms with Crippen LogP contribution in [-0.2, 0) is 11.4 Å². The molecular weight excluding hydrogens is 344 g/mol. The molecule has 7 nitrogen and oxygen atoms in total. The van der Waals surface area contributed by atoms with E-state index in [1.54, 1.807) is 23.2 Å². The highest BCUT2D eigenvalue weighted by Crippen LogP contribution is 2.18. The van der Waals surface area contributed by atoms with E-state index in [1.165, 1.54) is 0 Å². The number of amides is 3. The number of rotatable bonds is 7. The molecule has 2 N–H and O–H groups in total. The van der Waals surface area contributed by atoms with Crippen molar-refractivity contribution in [2.45, 2.75) is 32.4 Å². The van der Waals surface area contributed by atoms with Crippen LogP contribution in [0.5, 0.6) is 5.75 Å². The molecule has 1 atom stereocenters. The molecule has 1 fully saturated rings. The molecule has 3 rings (SSSR count). The number of carbonyl (C=O) groups is 2. The third kappa shape index (κ3) is 5.70. The first-order valence-electron chi connectivity index (χ1n) is 9.08. The van der Waals surface area contributed by atoms with Gasteiger partial charge >= 0.3 is 6.03 Å². The molecule has 2 aromatic rings. The number of anilines is 1. The summed E-state index contributed by atoms with van der Waals surface area (Å²) in [6, 6.07) is 12.4. The summed E-state index contributed by atoms with van der Waals surface area (Å²) in [5.41, 5.74) is 1.47. The fourth-order valence-electron chi connectivity index (χ4n) is 2.97. The van der Waals surface area contributed by atoms with E-state index in [0.717, 1.165) is 18.7 Å². The number of carbonyl (C=O) groups excluding carboxylic acids is 2. The third-order valence-corrected chi connectivity index (χ3v) is 4.25. The van der Waals surface area contributed by atoms with Gasteiger partial charge in [-0.2, -0.15) is 0 Å². The second kappa shape index (κ2) is 9.02. The van der Waals surface area contributed by atoms with Gasteiger partial charge in [-0.05, 0) is 37.6 Å². The van der Waals surface area contributed by atoms with Crippen LogP contribution in [0.1, 0.15) is 25.5 Å². The van der Waals surface area contributed by atoms with Gasteiger partial charge in [0.15, 0.2) is 0 Å². The molecule has 1 saturated heterocycles. The molecule has 1 unspecified atom stereocenters. The highest BCUT2D eigenvalue weighted by Gasteiger charge is 2.22. The molecule has 0 spiro atoms. The normalized spacial score (nSPS) is 14.7. The van der Waals surface area contributed by atoms with Gasteiger partial charge in [0.05, 0.1) is 5.69 Å². The Morgan fingerprint density at radius 2 is 2.19 bits per heavy atom. The molecule has 1 aliphatic rings. The van der Waals surface area contributed by atoms with Gasteiger partial charge in [0.1, 0.15) is 12.4 Å². The molecular formula is C20H24N4O3. The molecule has 3 amide bonds. The zero-order valence-electron chi connectivity index (χ0n) is 15.4. The first-order chi connectivity index (χ1) is 13.1. The molecule has 27 heavy (non-hydrogen) atoms. The third-order valence-electron chi connectivity index (χ3n) is 4.25. The van der Waals surface area contributed by atoms with Crippen LogP contribution in [0.2, 0.25) is 0 Å². The smallest absolute Gasteiger partial charge is 0.319 e. The Labute approximate surface area is 158 Å².